The summed E-state index contributed by atoms with van der Waals surface area (Å²) in [6.45, 7) is 1.51. The maximum absolute atomic E-state index is 11.8. The van der Waals surface area contributed by atoms with Gasteiger partial charge in [0.15, 0.2) is 6.61 Å². The molecule has 2 aromatic carbocycles. The van der Waals surface area contributed by atoms with Gasteiger partial charge in [0.05, 0.1) is 15.1 Å². The summed E-state index contributed by atoms with van der Waals surface area (Å²) in [5.41, 5.74) is 3.58. The molecule has 0 atom stereocenters. The number of nitro groups is 1. The number of amides is 1. The molecule has 0 saturated carbocycles. The quantitative estimate of drug-likeness (QED) is 0.464. The number of benzene rings is 2. The highest BCUT2D eigenvalue weighted by Gasteiger charge is 2.07. The molecule has 0 aliphatic carbocycles. The number of nitrogens with one attached hydrogen (secondary N) is 1. The van der Waals surface area contributed by atoms with Crippen LogP contribution in [0.25, 0.3) is 0 Å². The highest BCUT2D eigenvalue weighted by molar-refractivity contribution is 9.10. The first-order valence-corrected chi connectivity index (χ1v) is 7.72. The molecule has 24 heavy (non-hydrogen) atoms. The Hall–Kier alpha value is -2.74. The number of hydrazone groups is 1. The zero-order valence-electron chi connectivity index (χ0n) is 12.7. The minimum atomic E-state index is -0.475. The third-order valence-electron chi connectivity index (χ3n) is 3.04. The van der Waals surface area contributed by atoms with Crippen molar-refractivity contribution in [1.82, 2.24) is 5.43 Å². The highest BCUT2D eigenvalue weighted by atomic mass is 79.9. The molecule has 0 unspecified atom stereocenters. The average molecular weight is 392 g/mol. The lowest BCUT2D eigenvalue weighted by Gasteiger charge is -2.07. The van der Waals surface area contributed by atoms with Gasteiger partial charge in [-0.05, 0) is 52.7 Å². The van der Waals surface area contributed by atoms with Crippen LogP contribution in [0.2, 0.25) is 0 Å². The molecule has 124 valence electrons. The first kappa shape index (κ1) is 17.6. The van der Waals surface area contributed by atoms with Gasteiger partial charge in [0.2, 0.25) is 0 Å². The van der Waals surface area contributed by atoms with E-state index < -0.39 is 10.8 Å². The molecule has 7 nitrogen and oxygen atoms in total. The second-order valence-electron chi connectivity index (χ2n) is 4.76. The van der Waals surface area contributed by atoms with Crippen LogP contribution in [0.1, 0.15) is 12.5 Å². The zero-order valence-corrected chi connectivity index (χ0v) is 14.3. The molecule has 0 aliphatic rings. The van der Waals surface area contributed by atoms with E-state index in [1.807, 2.05) is 12.1 Å². The summed E-state index contributed by atoms with van der Waals surface area (Å²) in [7, 11) is 0. The van der Waals surface area contributed by atoms with Crippen LogP contribution in [-0.4, -0.2) is 23.1 Å². The van der Waals surface area contributed by atoms with Crippen LogP contribution in [-0.2, 0) is 4.79 Å². The lowest BCUT2D eigenvalue weighted by molar-refractivity contribution is -0.384. The predicted molar refractivity (Wildman–Crippen MR) is 93.1 cm³/mol. The van der Waals surface area contributed by atoms with Crippen molar-refractivity contribution in [1.29, 1.82) is 0 Å². The summed E-state index contributed by atoms with van der Waals surface area (Å²) in [6, 6.07) is 13.1. The van der Waals surface area contributed by atoms with E-state index in [0.29, 0.717) is 17.0 Å². The van der Waals surface area contributed by atoms with Crippen LogP contribution < -0.4 is 10.2 Å². The summed E-state index contributed by atoms with van der Waals surface area (Å²) in [5.74, 6) is 0.149. The molecule has 0 aromatic heterocycles. The number of halogens is 1. The molecule has 0 spiro atoms. The van der Waals surface area contributed by atoms with Crippen LogP contribution in [0, 0.1) is 10.1 Å². The third-order valence-corrected chi connectivity index (χ3v) is 3.69. The van der Waals surface area contributed by atoms with E-state index in [2.05, 4.69) is 26.5 Å². The molecule has 0 heterocycles. The molecule has 0 saturated heterocycles. The number of hydrogen-bond donors (Lipinski definition) is 1. The van der Waals surface area contributed by atoms with Crippen molar-refractivity contribution < 1.29 is 14.5 Å². The summed E-state index contributed by atoms with van der Waals surface area (Å²) < 4.78 is 6.13. The van der Waals surface area contributed by atoms with Gasteiger partial charge in [-0.3, -0.25) is 14.9 Å². The van der Waals surface area contributed by atoms with E-state index >= 15 is 0 Å². The van der Waals surface area contributed by atoms with Crippen LogP contribution in [0.4, 0.5) is 5.69 Å². The van der Waals surface area contributed by atoms with Gasteiger partial charge in [0, 0.05) is 12.1 Å². The Morgan fingerprint density at radius 3 is 2.54 bits per heavy atom. The van der Waals surface area contributed by atoms with Crippen LogP contribution in [0.15, 0.2) is 58.1 Å². The molecule has 0 aliphatic heterocycles. The smallest absolute Gasteiger partial charge is 0.277 e. The van der Waals surface area contributed by atoms with Gasteiger partial charge in [-0.25, -0.2) is 5.43 Å². The second kappa shape index (κ2) is 8.21. The maximum atomic E-state index is 11.8. The number of carbonyl (C=O) groups is 1. The molecular weight excluding hydrogens is 378 g/mol. The molecule has 0 bridgehead atoms. The van der Waals surface area contributed by atoms with E-state index in [1.54, 1.807) is 31.2 Å². The summed E-state index contributed by atoms with van der Waals surface area (Å²) >= 11 is 3.32. The van der Waals surface area contributed by atoms with E-state index in [9.17, 15) is 14.9 Å². The van der Waals surface area contributed by atoms with Crippen LogP contribution in [0.5, 0.6) is 5.75 Å². The number of para-hydroxylation sites is 1. The van der Waals surface area contributed by atoms with E-state index in [-0.39, 0.29) is 12.3 Å². The minimum Gasteiger partial charge on any atom is -0.483 e. The number of nitro benzene ring substituents is 1. The van der Waals surface area contributed by atoms with Gasteiger partial charge in [0.1, 0.15) is 5.75 Å². The van der Waals surface area contributed by atoms with Crippen molar-refractivity contribution in [3.63, 3.8) is 0 Å². The van der Waals surface area contributed by atoms with Crippen molar-refractivity contribution in [3.05, 3.63) is 68.7 Å². The van der Waals surface area contributed by atoms with Gasteiger partial charge in [-0.15, -0.1) is 0 Å². The Morgan fingerprint density at radius 2 is 1.92 bits per heavy atom. The van der Waals surface area contributed by atoms with Crippen LogP contribution in [0.3, 0.4) is 0 Å². The maximum Gasteiger partial charge on any atom is 0.277 e. The number of hydrogen-bond acceptors (Lipinski definition) is 5. The molecule has 2 rings (SSSR count). The Kier molecular flexibility index (Phi) is 6.02. The Bertz CT molecular complexity index is 775. The lowest BCUT2D eigenvalue weighted by atomic mass is 10.1. The van der Waals surface area contributed by atoms with Crippen molar-refractivity contribution in [2.24, 2.45) is 5.10 Å². The third kappa shape index (κ3) is 4.88. The van der Waals surface area contributed by atoms with Crippen molar-refractivity contribution >= 4 is 33.2 Å². The summed E-state index contributed by atoms with van der Waals surface area (Å²) in [4.78, 5) is 21.9. The molecule has 8 heteroatoms. The number of carbonyl (C=O) groups excluding carboxylic acids is 1. The van der Waals surface area contributed by atoms with Gasteiger partial charge in [0.25, 0.3) is 11.6 Å². The fourth-order valence-corrected chi connectivity index (χ4v) is 2.17. The Balaban J connectivity index is 1.90. The fraction of sp³-hybridized carbons (Fsp3) is 0.125. The Morgan fingerprint density at radius 1 is 1.25 bits per heavy atom. The highest BCUT2D eigenvalue weighted by Crippen LogP contribution is 2.23. The fourth-order valence-electron chi connectivity index (χ4n) is 1.77. The molecule has 1 N–H and O–H groups in total. The van der Waals surface area contributed by atoms with Gasteiger partial charge < -0.3 is 4.74 Å². The monoisotopic (exact) mass is 391 g/mol. The first-order valence-electron chi connectivity index (χ1n) is 6.92. The van der Waals surface area contributed by atoms with Crippen molar-refractivity contribution in [2.75, 3.05) is 6.61 Å². The van der Waals surface area contributed by atoms with E-state index in [4.69, 9.17) is 4.74 Å². The summed E-state index contributed by atoms with van der Waals surface area (Å²) in [5, 5.41) is 14.6. The van der Waals surface area contributed by atoms with Gasteiger partial charge >= 0.3 is 0 Å². The largest absolute Gasteiger partial charge is 0.483 e. The lowest BCUT2D eigenvalue weighted by Crippen LogP contribution is -2.25. The number of nitrogens with zero attached hydrogens (tertiary/aromatic N) is 2. The average Bonchev–Trinajstić information content (AvgIpc) is 2.59. The topological polar surface area (TPSA) is 93.8 Å². The van der Waals surface area contributed by atoms with Gasteiger partial charge in [-0.1, -0.05) is 12.1 Å². The van der Waals surface area contributed by atoms with E-state index in [1.165, 1.54) is 12.1 Å². The van der Waals surface area contributed by atoms with Crippen molar-refractivity contribution in [3.8, 4) is 5.75 Å². The number of rotatable bonds is 6. The van der Waals surface area contributed by atoms with Gasteiger partial charge in [-0.2, -0.15) is 5.10 Å². The molecule has 0 fully saturated rings. The minimum absolute atomic E-state index is 0.00239. The van der Waals surface area contributed by atoms with E-state index in [0.717, 1.165) is 4.47 Å². The molecule has 0 radical (unpaired) electrons. The standard InChI is InChI=1S/C16H14BrN3O4/c1-11(12-6-8-13(9-7-12)20(22)23)18-19-16(21)10-24-15-5-3-2-4-14(15)17/h2-9H,10H2,1H3,(H,19,21)/b18-11+. The molecule has 1 amide bonds. The SMILES string of the molecule is C/C(=N\NC(=O)COc1ccccc1Br)c1ccc([N+](=O)[O-])cc1. The Labute approximate surface area is 146 Å². The van der Waals surface area contributed by atoms with Crippen LogP contribution >= 0.6 is 15.9 Å². The predicted octanol–water partition coefficient (Wildman–Crippen LogP) is 3.28. The first-order chi connectivity index (χ1) is 11.5. The molecule has 2 aromatic rings. The zero-order chi connectivity index (χ0) is 17.5. The second-order valence-corrected chi connectivity index (χ2v) is 5.61. The van der Waals surface area contributed by atoms with Crippen molar-refractivity contribution in [2.45, 2.75) is 6.92 Å². The normalized spacial score (nSPS) is 11.0. The number of ether oxygens (including phenoxy) is 1. The molecular formula is C16H14BrN3O4. The summed E-state index contributed by atoms with van der Waals surface area (Å²) in [6.07, 6.45) is 0. The number of non-ortho nitro benzene ring substituents is 1.